The van der Waals surface area contributed by atoms with Gasteiger partial charge in [0.15, 0.2) is 0 Å². The van der Waals surface area contributed by atoms with Crippen molar-refractivity contribution in [2.24, 2.45) is 0 Å². The number of sulfonamides is 1. The molecule has 23 heavy (non-hydrogen) atoms. The summed E-state index contributed by atoms with van der Waals surface area (Å²) in [5.41, 5.74) is 1.47. The van der Waals surface area contributed by atoms with Crippen LogP contribution in [0.3, 0.4) is 0 Å². The molecule has 1 N–H and O–H groups in total. The first-order chi connectivity index (χ1) is 11.1. The monoisotopic (exact) mass is 336 g/mol. The Labute approximate surface area is 135 Å². The minimum Gasteiger partial charge on any atom is -0.375 e. The van der Waals surface area contributed by atoms with Crippen LogP contribution in [0.25, 0.3) is 0 Å². The highest BCUT2D eigenvalue weighted by Gasteiger charge is 2.41. The Kier molecular flexibility index (Phi) is 3.66. The second-order valence-electron chi connectivity index (χ2n) is 6.42. The summed E-state index contributed by atoms with van der Waals surface area (Å²) >= 11 is 0. The normalized spacial score (nSPS) is 28.1. The minimum atomic E-state index is -3.56. The SMILES string of the molecule is O=C1Cc2cc(S(=O)(=O)N3CCO[C@H]4CCCC[C@@H]43)ccc2N1. The molecule has 6 nitrogen and oxygen atoms in total. The highest BCUT2D eigenvalue weighted by molar-refractivity contribution is 7.89. The molecule has 2 aliphatic heterocycles. The zero-order chi connectivity index (χ0) is 16.0. The van der Waals surface area contributed by atoms with Gasteiger partial charge in [0.25, 0.3) is 0 Å². The van der Waals surface area contributed by atoms with Gasteiger partial charge in [-0.3, -0.25) is 4.79 Å². The Morgan fingerprint density at radius 2 is 2.04 bits per heavy atom. The van der Waals surface area contributed by atoms with Gasteiger partial charge in [0.1, 0.15) is 0 Å². The summed E-state index contributed by atoms with van der Waals surface area (Å²) in [5.74, 6) is -0.0896. The molecule has 7 heteroatoms. The molecule has 2 heterocycles. The fourth-order valence-electron chi connectivity index (χ4n) is 3.86. The van der Waals surface area contributed by atoms with Crippen LogP contribution in [-0.4, -0.2) is 43.9 Å². The number of nitrogens with one attached hydrogen (secondary N) is 1. The van der Waals surface area contributed by atoms with Crippen molar-refractivity contribution in [3.05, 3.63) is 23.8 Å². The van der Waals surface area contributed by atoms with Gasteiger partial charge in [0.05, 0.1) is 30.1 Å². The molecular formula is C16H20N2O4S. The van der Waals surface area contributed by atoms with Crippen molar-refractivity contribution in [2.45, 2.75) is 49.1 Å². The lowest BCUT2D eigenvalue weighted by Gasteiger charge is -2.42. The number of carbonyl (C=O) groups is 1. The quantitative estimate of drug-likeness (QED) is 0.888. The lowest BCUT2D eigenvalue weighted by molar-refractivity contribution is -0.115. The van der Waals surface area contributed by atoms with Crippen molar-refractivity contribution in [2.75, 3.05) is 18.5 Å². The van der Waals surface area contributed by atoms with Crippen molar-refractivity contribution >= 4 is 21.6 Å². The Morgan fingerprint density at radius 3 is 2.91 bits per heavy atom. The van der Waals surface area contributed by atoms with E-state index in [2.05, 4.69) is 5.32 Å². The van der Waals surface area contributed by atoms with Gasteiger partial charge < -0.3 is 10.1 Å². The van der Waals surface area contributed by atoms with Gasteiger partial charge in [-0.15, -0.1) is 0 Å². The van der Waals surface area contributed by atoms with E-state index in [9.17, 15) is 13.2 Å². The molecule has 0 aromatic heterocycles. The second-order valence-corrected chi connectivity index (χ2v) is 8.31. The Bertz CT molecular complexity index is 744. The van der Waals surface area contributed by atoms with Crippen LogP contribution in [0, 0.1) is 0 Å². The second kappa shape index (κ2) is 5.58. The van der Waals surface area contributed by atoms with Crippen LogP contribution in [0.4, 0.5) is 5.69 Å². The van der Waals surface area contributed by atoms with Gasteiger partial charge in [-0.2, -0.15) is 4.31 Å². The number of benzene rings is 1. The van der Waals surface area contributed by atoms with Gasteiger partial charge in [0.2, 0.25) is 15.9 Å². The van der Waals surface area contributed by atoms with E-state index in [0.29, 0.717) is 18.8 Å². The third kappa shape index (κ3) is 2.56. The van der Waals surface area contributed by atoms with Crippen LogP contribution >= 0.6 is 0 Å². The first-order valence-electron chi connectivity index (χ1n) is 8.12. The summed E-state index contributed by atoms with van der Waals surface area (Å²) < 4.78 is 33.6. The smallest absolute Gasteiger partial charge is 0.243 e. The van der Waals surface area contributed by atoms with Gasteiger partial charge >= 0.3 is 0 Å². The average molecular weight is 336 g/mol. The Balaban J connectivity index is 1.67. The number of hydrogen-bond acceptors (Lipinski definition) is 4. The fraction of sp³-hybridized carbons (Fsp3) is 0.562. The molecule has 124 valence electrons. The Morgan fingerprint density at radius 1 is 1.22 bits per heavy atom. The molecule has 1 saturated carbocycles. The summed E-state index contributed by atoms with van der Waals surface area (Å²) in [6.07, 6.45) is 4.19. The molecule has 0 bridgehead atoms. The van der Waals surface area contributed by atoms with Crippen LogP contribution in [0.1, 0.15) is 31.2 Å². The predicted molar refractivity (Wildman–Crippen MR) is 84.7 cm³/mol. The maximum absolute atomic E-state index is 13.1. The first-order valence-corrected chi connectivity index (χ1v) is 9.56. The van der Waals surface area contributed by atoms with Crippen LogP contribution < -0.4 is 5.32 Å². The molecule has 4 rings (SSSR count). The Hall–Kier alpha value is -1.44. The first kappa shape index (κ1) is 15.1. The van der Waals surface area contributed by atoms with Crippen LogP contribution in [0.2, 0.25) is 0 Å². The molecule has 1 aliphatic carbocycles. The highest BCUT2D eigenvalue weighted by Crippen LogP contribution is 2.34. The molecule has 2 atom stereocenters. The number of ether oxygens (including phenoxy) is 1. The van der Waals surface area contributed by atoms with Gasteiger partial charge in [0, 0.05) is 12.2 Å². The van der Waals surface area contributed by atoms with Crippen LogP contribution in [-0.2, 0) is 26.0 Å². The number of rotatable bonds is 2. The van der Waals surface area contributed by atoms with Crippen LogP contribution in [0.5, 0.6) is 0 Å². The summed E-state index contributed by atoms with van der Waals surface area (Å²) in [4.78, 5) is 11.7. The molecule has 0 unspecified atom stereocenters. The molecule has 0 spiro atoms. The van der Waals surface area contributed by atoms with E-state index in [1.807, 2.05) is 0 Å². The van der Waals surface area contributed by atoms with Gasteiger partial charge in [-0.1, -0.05) is 12.8 Å². The number of fused-ring (bicyclic) bond motifs is 2. The number of nitrogens with zero attached hydrogens (tertiary/aromatic N) is 1. The molecule has 1 aromatic rings. The van der Waals surface area contributed by atoms with E-state index in [0.717, 1.165) is 31.2 Å². The number of hydrogen-bond donors (Lipinski definition) is 1. The molecule has 2 fully saturated rings. The third-order valence-corrected chi connectivity index (χ3v) is 6.91. The van der Waals surface area contributed by atoms with Crippen molar-refractivity contribution < 1.29 is 17.9 Å². The number of carbonyl (C=O) groups excluding carboxylic acids is 1. The average Bonchev–Trinajstić information content (AvgIpc) is 2.93. The summed E-state index contributed by atoms with van der Waals surface area (Å²) in [5, 5.41) is 2.73. The van der Waals surface area contributed by atoms with Crippen molar-refractivity contribution in [1.82, 2.24) is 4.31 Å². The van der Waals surface area contributed by atoms with Crippen LogP contribution in [0.15, 0.2) is 23.1 Å². The predicted octanol–water partition coefficient (Wildman–Crippen LogP) is 1.51. The van der Waals surface area contributed by atoms with Crippen molar-refractivity contribution in [3.63, 3.8) is 0 Å². The minimum absolute atomic E-state index is 0.0185. The van der Waals surface area contributed by atoms with E-state index in [4.69, 9.17) is 4.74 Å². The van der Waals surface area contributed by atoms with Crippen molar-refractivity contribution in [1.29, 1.82) is 0 Å². The van der Waals surface area contributed by atoms with Crippen molar-refractivity contribution in [3.8, 4) is 0 Å². The van der Waals surface area contributed by atoms with Gasteiger partial charge in [-0.05, 0) is 36.6 Å². The standard InChI is InChI=1S/C16H20N2O4S/c19-16-10-11-9-12(5-6-13(11)17-16)23(20,21)18-7-8-22-15-4-2-1-3-14(15)18/h5-6,9,14-15H,1-4,7-8,10H2,(H,17,19)/t14-,15-/m0/s1. The van der Waals surface area contributed by atoms with E-state index in [-0.39, 0.29) is 29.4 Å². The summed E-state index contributed by atoms with van der Waals surface area (Å²) in [6, 6.07) is 4.85. The number of morpholine rings is 1. The maximum Gasteiger partial charge on any atom is 0.243 e. The molecule has 1 amide bonds. The fourth-order valence-corrected chi connectivity index (χ4v) is 5.58. The van der Waals surface area contributed by atoms with E-state index in [1.54, 1.807) is 22.5 Å². The van der Waals surface area contributed by atoms with E-state index < -0.39 is 10.0 Å². The summed E-state index contributed by atoms with van der Waals surface area (Å²) in [7, 11) is -3.56. The largest absolute Gasteiger partial charge is 0.375 e. The molecular weight excluding hydrogens is 316 g/mol. The molecule has 0 radical (unpaired) electrons. The molecule has 1 aromatic carbocycles. The lowest BCUT2D eigenvalue weighted by Crippen LogP contribution is -2.54. The van der Waals surface area contributed by atoms with E-state index in [1.165, 1.54) is 0 Å². The highest BCUT2D eigenvalue weighted by atomic mass is 32.2. The summed E-state index contributed by atoms with van der Waals surface area (Å²) in [6.45, 7) is 0.850. The van der Waals surface area contributed by atoms with E-state index >= 15 is 0 Å². The number of anilines is 1. The number of amides is 1. The maximum atomic E-state index is 13.1. The molecule has 1 saturated heterocycles. The third-order valence-electron chi connectivity index (χ3n) is 4.99. The topological polar surface area (TPSA) is 75.7 Å². The van der Waals surface area contributed by atoms with Gasteiger partial charge in [-0.25, -0.2) is 8.42 Å². The lowest BCUT2D eigenvalue weighted by atomic mass is 9.91. The zero-order valence-electron chi connectivity index (χ0n) is 12.8. The molecule has 3 aliphatic rings. The zero-order valence-corrected chi connectivity index (χ0v) is 13.6.